The maximum atomic E-state index is 13.7. The zero-order valence-electron chi connectivity index (χ0n) is 14.7. The predicted molar refractivity (Wildman–Crippen MR) is 109 cm³/mol. The second-order valence-corrected chi connectivity index (χ2v) is 7.06. The summed E-state index contributed by atoms with van der Waals surface area (Å²) in [7, 11) is 0. The minimum atomic E-state index is -0.174. The molecule has 0 unspecified atom stereocenters. The van der Waals surface area contributed by atoms with Gasteiger partial charge in [0.15, 0.2) is 0 Å². The molecule has 0 aliphatic rings. The molecule has 3 aromatic rings. The zero-order chi connectivity index (χ0) is 19.1. The van der Waals surface area contributed by atoms with E-state index in [0.29, 0.717) is 41.7 Å². The number of nitrogens with one attached hydrogen (secondary N) is 1. The number of rotatable bonds is 8. The number of halogens is 3. The molecule has 1 N–H and O–H groups in total. The van der Waals surface area contributed by atoms with Gasteiger partial charge in [0, 0.05) is 22.2 Å². The third kappa shape index (κ3) is 5.96. The molecule has 27 heavy (non-hydrogen) atoms. The topological polar surface area (TPSA) is 21.3 Å². The molecule has 5 heteroatoms. The molecule has 0 aliphatic carbocycles. The van der Waals surface area contributed by atoms with Gasteiger partial charge in [-0.25, -0.2) is 4.39 Å². The summed E-state index contributed by atoms with van der Waals surface area (Å²) in [5.41, 5.74) is 2.66. The standard InChI is InChI=1S/C22H20Cl2FNO/c23-19-6-3-4-16(12-19)15-27-22-9-8-20(24)13-18(22)14-26-11-10-17-5-1-2-7-21(17)25/h1-9,12-13,26H,10-11,14-15H2. The molecule has 0 amide bonds. The Bertz CT molecular complexity index is 901. The molecule has 0 fully saturated rings. The summed E-state index contributed by atoms with van der Waals surface area (Å²) in [5, 5.41) is 4.66. The van der Waals surface area contributed by atoms with E-state index >= 15 is 0 Å². The maximum Gasteiger partial charge on any atom is 0.126 e. The van der Waals surface area contributed by atoms with E-state index in [1.54, 1.807) is 18.2 Å². The van der Waals surface area contributed by atoms with Crippen LogP contribution in [0.3, 0.4) is 0 Å². The highest BCUT2D eigenvalue weighted by atomic mass is 35.5. The third-order valence-electron chi connectivity index (χ3n) is 4.15. The number of benzene rings is 3. The molecule has 0 heterocycles. The first-order chi connectivity index (χ1) is 13.1. The van der Waals surface area contributed by atoms with Crippen LogP contribution < -0.4 is 10.1 Å². The lowest BCUT2D eigenvalue weighted by Gasteiger charge is -2.13. The van der Waals surface area contributed by atoms with Gasteiger partial charge in [-0.3, -0.25) is 0 Å². The van der Waals surface area contributed by atoms with Crippen molar-refractivity contribution in [2.45, 2.75) is 19.6 Å². The van der Waals surface area contributed by atoms with E-state index in [1.807, 2.05) is 42.5 Å². The van der Waals surface area contributed by atoms with E-state index in [2.05, 4.69) is 5.32 Å². The van der Waals surface area contributed by atoms with Crippen LogP contribution in [-0.4, -0.2) is 6.54 Å². The summed E-state index contributed by atoms with van der Waals surface area (Å²) in [4.78, 5) is 0. The van der Waals surface area contributed by atoms with Gasteiger partial charge in [-0.15, -0.1) is 0 Å². The lowest BCUT2D eigenvalue weighted by atomic mass is 10.1. The molecular weight excluding hydrogens is 384 g/mol. The molecule has 0 atom stereocenters. The molecule has 2 nitrogen and oxygen atoms in total. The van der Waals surface area contributed by atoms with Crippen LogP contribution in [0.1, 0.15) is 16.7 Å². The molecular formula is C22H20Cl2FNO. The van der Waals surface area contributed by atoms with Gasteiger partial charge in [0.25, 0.3) is 0 Å². The van der Waals surface area contributed by atoms with Gasteiger partial charge in [0.2, 0.25) is 0 Å². The summed E-state index contributed by atoms with van der Waals surface area (Å²) < 4.78 is 19.6. The molecule has 0 saturated heterocycles. The van der Waals surface area contributed by atoms with Crippen molar-refractivity contribution in [3.8, 4) is 5.75 Å². The van der Waals surface area contributed by atoms with Crippen LogP contribution in [0.25, 0.3) is 0 Å². The second kappa shape index (κ2) is 9.75. The first kappa shape index (κ1) is 19.7. The smallest absolute Gasteiger partial charge is 0.126 e. The molecule has 3 rings (SSSR count). The van der Waals surface area contributed by atoms with Crippen molar-refractivity contribution in [1.29, 1.82) is 0 Å². The largest absolute Gasteiger partial charge is 0.489 e. The Kier molecular flexibility index (Phi) is 7.11. The predicted octanol–water partition coefficient (Wildman–Crippen LogP) is 6.04. The van der Waals surface area contributed by atoms with Crippen molar-refractivity contribution < 1.29 is 9.13 Å². The highest BCUT2D eigenvalue weighted by molar-refractivity contribution is 6.30. The molecule has 0 aromatic heterocycles. The van der Waals surface area contributed by atoms with E-state index < -0.39 is 0 Å². The van der Waals surface area contributed by atoms with Gasteiger partial charge < -0.3 is 10.1 Å². The Labute approximate surface area is 168 Å². The van der Waals surface area contributed by atoms with Crippen molar-refractivity contribution >= 4 is 23.2 Å². The third-order valence-corrected chi connectivity index (χ3v) is 4.62. The Morgan fingerprint density at radius 2 is 1.67 bits per heavy atom. The monoisotopic (exact) mass is 403 g/mol. The van der Waals surface area contributed by atoms with Gasteiger partial charge in [-0.05, 0) is 60.5 Å². The Balaban J connectivity index is 1.58. The molecule has 0 saturated carbocycles. The fourth-order valence-electron chi connectivity index (χ4n) is 2.76. The van der Waals surface area contributed by atoms with E-state index in [1.165, 1.54) is 6.07 Å². The van der Waals surface area contributed by atoms with Crippen LogP contribution >= 0.6 is 23.2 Å². The molecule has 0 bridgehead atoms. The number of ether oxygens (including phenoxy) is 1. The Hall–Kier alpha value is -2.07. The first-order valence-electron chi connectivity index (χ1n) is 8.71. The number of hydrogen-bond donors (Lipinski definition) is 1. The van der Waals surface area contributed by atoms with Crippen molar-refractivity contribution in [3.63, 3.8) is 0 Å². The van der Waals surface area contributed by atoms with Crippen LogP contribution in [0.2, 0.25) is 10.0 Å². The van der Waals surface area contributed by atoms with Gasteiger partial charge in [0.1, 0.15) is 18.2 Å². The normalized spacial score (nSPS) is 10.8. The highest BCUT2D eigenvalue weighted by Gasteiger charge is 2.07. The number of hydrogen-bond acceptors (Lipinski definition) is 2. The first-order valence-corrected chi connectivity index (χ1v) is 9.47. The average molecular weight is 404 g/mol. The van der Waals surface area contributed by atoms with Crippen LogP contribution in [0.5, 0.6) is 5.75 Å². The second-order valence-electron chi connectivity index (χ2n) is 6.19. The molecule has 0 spiro atoms. The van der Waals surface area contributed by atoms with Crippen molar-refractivity contribution in [3.05, 3.63) is 99.3 Å². The molecule has 3 aromatic carbocycles. The van der Waals surface area contributed by atoms with Gasteiger partial charge in [-0.1, -0.05) is 53.5 Å². The fourth-order valence-corrected chi connectivity index (χ4v) is 3.17. The van der Waals surface area contributed by atoms with Crippen LogP contribution in [0.15, 0.2) is 66.7 Å². The minimum absolute atomic E-state index is 0.174. The van der Waals surface area contributed by atoms with E-state index in [-0.39, 0.29) is 5.82 Å². The Morgan fingerprint density at radius 1 is 0.852 bits per heavy atom. The molecule has 0 aliphatic heterocycles. The Morgan fingerprint density at radius 3 is 2.48 bits per heavy atom. The highest BCUT2D eigenvalue weighted by Crippen LogP contribution is 2.24. The van der Waals surface area contributed by atoms with E-state index in [9.17, 15) is 4.39 Å². The lowest BCUT2D eigenvalue weighted by molar-refractivity contribution is 0.302. The maximum absolute atomic E-state index is 13.7. The fraction of sp³-hybridized carbons (Fsp3) is 0.182. The van der Waals surface area contributed by atoms with Crippen molar-refractivity contribution in [2.24, 2.45) is 0 Å². The van der Waals surface area contributed by atoms with Crippen LogP contribution in [0, 0.1) is 5.82 Å². The summed E-state index contributed by atoms with van der Waals surface area (Å²) >= 11 is 12.1. The van der Waals surface area contributed by atoms with Gasteiger partial charge in [-0.2, -0.15) is 0 Å². The van der Waals surface area contributed by atoms with Gasteiger partial charge in [0.05, 0.1) is 0 Å². The molecule has 140 valence electrons. The summed E-state index contributed by atoms with van der Waals surface area (Å²) in [6.07, 6.45) is 0.617. The van der Waals surface area contributed by atoms with Gasteiger partial charge >= 0.3 is 0 Å². The van der Waals surface area contributed by atoms with Crippen LogP contribution in [0.4, 0.5) is 4.39 Å². The van der Waals surface area contributed by atoms with Crippen molar-refractivity contribution in [1.82, 2.24) is 5.32 Å². The summed E-state index contributed by atoms with van der Waals surface area (Å²) in [6.45, 7) is 1.66. The minimum Gasteiger partial charge on any atom is -0.489 e. The van der Waals surface area contributed by atoms with E-state index in [4.69, 9.17) is 27.9 Å². The molecule has 0 radical (unpaired) electrons. The van der Waals surface area contributed by atoms with Crippen molar-refractivity contribution in [2.75, 3.05) is 6.54 Å². The van der Waals surface area contributed by atoms with E-state index in [0.717, 1.165) is 16.9 Å². The summed E-state index contributed by atoms with van der Waals surface area (Å²) in [5.74, 6) is 0.588. The SMILES string of the molecule is Fc1ccccc1CCNCc1cc(Cl)ccc1OCc1cccc(Cl)c1. The lowest BCUT2D eigenvalue weighted by Crippen LogP contribution is -2.17. The zero-order valence-corrected chi connectivity index (χ0v) is 16.2. The average Bonchev–Trinajstić information content (AvgIpc) is 2.66. The summed E-state index contributed by atoms with van der Waals surface area (Å²) in [6, 6.07) is 19.9. The quantitative estimate of drug-likeness (QED) is 0.462. The van der Waals surface area contributed by atoms with Crippen LogP contribution in [-0.2, 0) is 19.6 Å².